The van der Waals surface area contributed by atoms with Crippen molar-refractivity contribution in [3.63, 3.8) is 0 Å². The fourth-order valence-electron chi connectivity index (χ4n) is 2.64. The third kappa shape index (κ3) is 1.39. The van der Waals surface area contributed by atoms with Crippen molar-refractivity contribution in [1.29, 1.82) is 0 Å². The molecule has 1 saturated heterocycles. The molecule has 2 atom stereocenters. The highest BCUT2D eigenvalue weighted by molar-refractivity contribution is 6.10. The summed E-state index contributed by atoms with van der Waals surface area (Å²) in [6, 6.07) is 0. The molecule has 0 radical (unpaired) electrons. The van der Waals surface area contributed by atoms with Gasteiger partial charge in [-0.15, -0.1) is 0 Å². The number of carbonyl (C=O) groups is 2. The second-order valence-electron chi connectivity index (χ2n) is 6.36. The maximum atomic E-state index is 12.0. The number of aliphatic hydroxyl groups excluding tert-OH is 1. The second-order valence-corrected chi connectivity index (χ2v) is 6.36. The van der Waals surface area contributed by atoms with Gasteiger partial charge in [0, 0.05) is 18.6 Å². The largest absolute Gasteiger partial charge is 0.396 e. The average molecular weight is 225 g/mol. The van der Waals surface area contributed by atoms with Gasteiger partial charge in [0.05, 0.1) is 11.8 Å². The van der Waals surface area contributed by atoms with E-state index >= 15 is 0 Å². The molecular formula is C12H19NO3. The van der Waals surface area contributed by atoms with Crippen molar-refractivity contribution in [3.8, 4) is 0 Å². The molecule has 16 heavy (non-hydrogen) atoms. The maximum absolute atomic E-state index is 12.0. The standard InChI is InChI=1S/C12H19NO3/c1-11(2,6-14)5-13-9(15)7-8(10(13)16)12(7,3)4/h7-8,14H,5-6H2,1-4H3. The lowest BCUT2D eigenvalue weighted by molar-refractivity contribution is -0.145. The number of rotatable bonds is 3. The van der Waals surface area contributed by atoms with E-state index in [1.54, 1.807) is 0 Å². The maximum Gasteiger partial charge on any atom is 0.233 e. The molecule has 0 aromatic heterocycles. The van der Waals surface area contributed by atoms with E-state index in [9.17, 15) is 9.59 Å². The molecule has 1 aliphatic carbocycles. The van der Waals surface area contributed by atoms with E-state index in [0.29, 0.717) is 6.54 Å². The zero-order valence-corrected chi connectivity index (χ0v) is 10.3. The highest BCUT2D eigenvalue weighted by atomic mass is 16.3. The minimum absolute atomic E-state index is 0.0250. The van der Waals surface area contributed by atoms with Crippen LogP contribution in [0.2, 0.25) is 0 Å². The molecule has 4 nitrogen and oxygen atoms in total. The third-order valence-corrected chi connectivity index (χ3v) is 3.91. The Hall–Kier alpha value is -0.900. The van der Waals surface area contributed by atoms with Gasteiger partial charge < -0.3 is 5.11 Å². The number of fused-ring (bicyclic) bond motifs is 1. The minimum atomic E-state index is -0.410. The number of aliphatic hydroxyl groups is 1. The Balaban J connectivity index is 2.12. The molecule has 1 aliphatic heterocycles. The molecule has 0 bridgehead atoms. The number of hydrogen-bond donors (Lipinski definition) is 1. The van der Waals surface area contributed by atoms with Crippen LogP contribution in [0.4, 0.5) is 0 Å². The SMILES string of the molecule is CC(C)(CO)CN1C(=O)C2C(C1=O)C2(C)C. The van der Waals surface area contributed by atoms with Gasteiger partial charge in [0.25, 0.3) is 0 Å². The monoisotopic (exact) mass is 225 g/mol. The summed E-state index contributed by atoms with van der Waals surface area (Å²) in [5.41, 5.74) is -0.555. The molecule has 2 rings (SSSR count). The normalized spacial score (nSPS) is 31.9. The van der Waals surface area contributed by atoms with Crippen LogP contribution in [0.15, 0.2) is 0 Å². The molecule has 2 fully saturated rings. The van der Waals surface area contributed by atoms with Crippen LogP contribution in [0.1, 0.15) is 27.7 Å². The van der Waals surface area contributed by atoms with Crippen molar-refractivity contribution in [2.45, 2.75) is 27.7 Å². The van der Waals surface area contributed by atoms with Gasteiger partial charge in [0.15, 0.2) is 0 Å². The Morgan fingerprint density at radius 2 is 1.69 bits per heavy atom. The first-order chi connectivity index (χ1) is 7.22. The smallest absolute Gasteiger partial charge is 0.233 e. The first kappa shape index (κ1) is 11.6. The Bertz CT molecular complexity index is 335. The highest BCUT2D eigenvalue weighted by Gasteiger charge is 2.72. The van der Waals surface area contributed by atoms with Gasteiger partial charge in [-0.3, -0.25) is 14.5 Å². The molecule has 2 amide bonds. The van der Waals surface area contributed by atoms with Gasteiger partial charge in [0.2, 0.25) is 11.8 Å². The van der Waals surface area contributed by atoms with E-state index in [1.165, 1.54) is 4.90 Å². The van der Waals surface area contributed by atoms with Gasteiger partial charge in [-0.1, -0.05) is 27.7 Å². The predicted octanol–water partition coefficient (Wildman–Crippen LogP) is 0.646. The molecule has 2 aliphatic rings. The molecule has 1 heterocycles. The lowest BCUT2D eigenvalue weighted by atomic mass is 9.93. The number of piperidine rings is 1. The summed E-state index contributed by atoms with van der Waals surface area (Å²) < 4.78 is 0. The fraction of sp³-hybridized carbons (Fsp3) is 0.833. The molecule has 1 saturated carbocycles. The Morgan fingerprint density at radius 1 is 1.25 bits per heavy atom. The third-order valence-electron chi connectivity index (χ3n) is 3.91. The molecule has 90 valence electrons. The topological polar surface area (TPSA) is 57.6 Å². The number of carbonyl (C=O) groups excluding carboxylic acids is 2. The molecule has 0 aromatic carbocycles. The first-order valence-electron chi connectivity index (χ1n) is 5.68. The quantitative estimate of drug-likeness (QED) is 0.717. The molecular weight excluding hydrogens is 206 g/mol. The van der Waals surface area contributed by atoms with Gasteiger partial charge in [-0.25, -0.2) is 0 Å². The fourth-order valence-corrected chi connectivity index (χ4v) is 2.64. The highest BCUT2D eigenvalue weighted by Crippen LogP contribution is 2.63. The van der Waals surface area contributed by atoms with E-state index in [4.69, 9.17) is 5.11 Å². The number of nitrogens with zero attached hydrogens (tertiary/aromatic N) is 1. The van der Waals surface area contributed by atoms with Crippen LogP contribution in [-0.4, -0.2) is 35.0 Å². The molecule has 0 spiro atoms. The molecule has 1 N–H and O–H groups in total. The van der Waals surface area contributed by atoms with Crippen LogP contribution in [0.25, 0.3) is 0 Å². The van der Waals surface area contributed by atoms with E-state index in [-0.39, 0.29) is 35.7 Å². The summed E-state index contributed by atoms with van der Waals surface area (Å²) in [5.74, 6) is -0.341. The number of likely N-dealkylation sites (tertiary alicyclic amines) is 1. The number of amides is 2. The van der Waals surface area contributed by atoms with Gasteiger partial charge in [-0.2, -0.15) is 0 Å². The number of hydrogen-bond acceptors (Lipinski definition) is 3. The summed E-state index contributed by atoms with van der Waals surface area (Å²) in [7, 11) is 0. The zero-order valence-electron chi connectivity index (χ0n) is 10.3. The molecule has 0 aromatic rings. The van der Waals surface area contributed by atoms with Crippen LogP contribution in [0.5, 0.6) is 0 Å². The van der Waals surface area contributed by atoms with Crippen LogP contribution in [0.3, 0.4) is 0 Å². The lowest BCUT2D eigenvalue weighted by Gasteiger charge is -2.29. The summed E-state index contributed by atoms with van der Waals surface area (Å²) >= 11 is 0. The lowest BCUT2D eigenvalue weighted by Crippen LogP contribution is -2.43. The Kier molecular flexibility index (Phi) is 2.22. The van der Waals surface area contributed by atoms with Crippen molar-refractivity contribution >= 4 is 11.8 Å². The van der Waals surface area contributed by atoms with Crippen LogP contribution < -0.4 is 0 Å². The summed E-state index contributed by atoms with van der Waals surface area (Å²) in [4.78, 5) is 25.3. The van der Waals surface area contributed by atoms with Crippen molar-refractivity contribution in [2.24, 2.45) is 22.7 Å². The van der Waals surface area contributed by atoms with Crippen molar-refractivity contribution in [3.05, 3.63) is 0 Å². The number of imide groups is 1. The van der Waals surface area contributed by atoms with Gasteiger partial charge >= 0.3 is 0 Å². The van der Waals surface area contributed by atoms with Crippen LogP contribution >= 0.6 is 0 Å². The van der Waals surface area contributed by atoms with Crippen molar-refractivity contribution in [2.75, 3.05) is 13.2 Å². The summed E-state index contributed by atoms with van der Waals surface area (Å²) in [6.07, 6.45) is 0. The van der Waals surface area contributed by atoms with Gasteiger partial charge in [-0.05, 0) is 5.41 Å². The van der Waals surface area contributed by atoms with E-state index < -0.39 is 5.41 Å². The van der Waals surface area contributed by atoms with E-state index in [2.05, 4.69) is 0 Å². The predicted molar refractivity (Wildman–Crippen MR) is 58.3 cm³/mol. The summed E-state index contributed by atoms with van der Waals surface area (Å²) in [5, 5.41) is 9.16. The summed E-state index contributed by atoms with van der Waals surface area (Å²) in [6.45, 7) is 7.93. The first-order valence-corrected chi connectivity index (χ1v) is 5.68. The Labute approximate surface area is 95.6 Å². The van der Waals surface area contributed by atoms with Gasteiger partial charge in [0.1, 0.15) is 0 Å². The molecule has 4 heteroatoms. The zero-order chi connectivity index (χ0) is 12.3. The average Bonchev–Trinajstić information content (AvgIpc) is 2.65. The van der Waals surface area contributed by atoms with Crippen molar-refractivity contribution in [1.82, 2.24) is 4.90 Å². The van der Waals surface area contributed by atoms with Crippen LogP contribution in [-0.2, 0) is 9.59 Å². The second kappa shape index (κ2) is 3.06. The minimum Gasteiger partial charge on any atom is -0.396 e. The Morgan fingerprint density at radius 3 is 2.06 bits per heavy atom. The van der Waals surface area contributed by atoms with Crippen LogP contribution in [0, 0.1) is 22.7 Å². The van der Waals surface area contributed by atoms with E-state index in [1.807, 2.05) is 27.7 Å². The van der Waals surface area contributed by atoms with Crippen molar-refractivity contribution < 1.29 is 14.7 Å². The van der Waals surface area contributed by atoms with E-state index in [0.717, 1.165) is 0 Å². The molecule has 2 unspecified atom stereocenters.